The monoisotopic (exact) mass is 798 g/mol. The minimum absolute atomic E-state index is 0.0758. The van der Waals surface area contributed by atoms with Crippen molar-refractivity contribution in [1.29, 1.82) is 0 Å². The van der Waals surface area contributed by atoms with E-state index < -0.39 is 12.1 Å². The molecule has 0 aromatic rings. The third-order valence-corrected chi connectivity index (χ3v) is 11.5. The van der Waals surface area contributed by atoms with Crippen molar-refractivity contribution in [3.63, 3.8) is 0 Å². The molecule has 2 atom stereocenters. The van der Waals surface area contributed by atoms with Crippen LogP contribution in [0.15, 0.2) is 48.6 Å². The summed E-state index contributed by atoms with van der Waals surface area (Å²) in [6.07, 6.45) is 66.8. The van der Waals surface area contributed by atoms with E-state index in [0.717, 1.165) is 38.5 Å². The van der Waals surface area contributed by atoms with Crippen molar-refractivity contribution in [2.45, 2.75) is 276 Å². The Morgan fingerprint density at radius 1 is 0.404 bits per heavy atom. The molecule has 4 heteroatoms. The van der Waals surface area contributed by atoms with Gasteiger partial charge < -0.3 is 15.5 Å². The lowest BCUT2D eigenvalue weighted by Crippen LogP contribution is -2.45. The molecule has 0 spiro atoms. The lowest BCUT2D eigenvalue weighted by molar-refractivity contribution is -0.123. The highest BCUT2D eigenvalue weighted by Crippen LogP contribution is 2.16. The third-order valence-electron chi connectivity index (χ3n) is 11.5. The summed E-state index contributed by atoms with van der Waals surface area (Å²) in [5.74, 6) is -0.0758. The number of allylic oxidation sites excluding steroid dienone is 7. The van der Waals surface area contributed by atoms with Gasteiger partial charge in [-0.15, -0.1) is 0 Å². The third kappa shape index (κ3) is 45.3. The molecule has 0 radical (unpaired) electrons. The van der Waals surface area contributed by atoms with Crippen molar-refractivity contribution in [3.8, 4) is 0 Å². The smallest absolute Gasteiger partial charge is 0.220 e. The number of carbonyl (C=O) groups is 1. The molecule has 4 nitrogen and oxygen atoms in total. The second-order valence-electron chi connectivity index (χ2n) is 17.2. The first-order valence-corrected chi connectivity index (χ1v) is 25.4. The van der Waals surface area contributed by atoms with Crippen LogP contribution < -0.4 is 5.32 Å². The van der Waals surface area contributed by atoms with Crippen LogP contribution in [0.4, 0.5) is 0 Å². The number of aliphatic hydroxyl groups is 2. The Balaban J connectivity index is 3.51. The summed E-state index contributed by atoms with van der Waals surface area (Å²) in [6, 6.07) is -0.644. The van der Waals surface area contributed by atoms with Gasteiger partial charge in [0.15, 0.2) is 0 Å². The number of aliphatic hydroxyl groups excluding tert-OH is 2. The Morgan fingerprint density at radius 2 is 0.684 bits per heavy atom. The Bertz CT molecular complexity index is 908. The zero-order chi connectivity index (χ0) is 41.4. The lowest BCUT2D eigenvalue weighted by atomic mass is 10.0. The van der Waals surface area contributed by atoms with Gasteiger partial charge in [-0.3, -0.25) is 4.79 Å². The summed E-state index contributed by atoms with van der Waals surface area (Å²) in [4.78, 5) is 12.4. The van der Waals surface area contributed by atoms with E-state index in [-0.39, 0.29) is 12.5 Å². The standard InChI is InChI=1S/C53H99NO3/c1-3-5-7-9-11-13-15-17-19-21-22-23-24-25-26-27-28-29-30-31-32-33-35-37-39-41-43-45-47-49-53(57)54-51(50-55)52(56)48-46-44-42-40-38-36-34-20-18-16-14-12-10-8-6-4-2/h18,20-22,38,40,46,48,51-52,55-56H,3-17,19,23-37,39,41-45,47,49-50H2,1-2H3,(H,54,57)/b20-18+,22-21-,40-38+,48-46+. The first-order chi connectivity index (χ1) is 28.2. The molecule has 0 saturated heterocycles. The van der Waals surface area contributed by atoms with Gasteiger partial charge in [-0.05, 0) is 70.6 Å². The average molecular weight is 798 g/mol. The molecule has 1 amide bonds. The molecule has 0 aliphatic rings. The molecular formula is C53H99NO3. The number of hydrogen-bond acceptors (Lipinski definition) is 3. The van der Waals surface area contributed by atoms with E-state index in [4.69, 9.17) is 0 Å². The summed E-state index contributed by atoms with van der Waals surface area (Å²) in [5.41, 5.74) is 0. The van der Waals surface area contributed by atoms with Gasteiger partial charge in [-0.2, -0.15) is 0 Å². The molecule has 3 N–H and O–H groups in total. The van der Waals surface area contributed by atoms with Crippen molar-refractivity contribution >= 4 is 5.91 Å². The molecule has 0 heterocycles. The number of carbonyl (C=O) groups excluding carboxylic acids is 1. The minimum Gasteiger partial charge on any atom is -0.394 e. The van der Waals surface area contributed by atoms with E-state index in [1.807, 2.05) is 6.08 Å². The normalized spacial score (nSPS) is 13.3. The van der Waals surface area contributed by atoms with Gasteiger partial charge in [0.2, 0.25) is 5.91 Å². The van der Waals surface area contributed by atoms with Crippen LogP contribution in [0.25, 0.3) is 0 Å². The van der Waals surface area contributed by atoms with Crippen LogP contribution in [0, 0.1) is 0 Å². The molecule has 0 fully saturated rings. The van der Waals surface area contributed by atoms with Crippen LogP contribution in [-0.4, -0.2) is 34.9 Å². The topological polar surface area (TPSA) is 69.6 Å². The van der Waals surface area contributed by atoms with Crippen molar-refractivity contribution < 1.29 is 15.0 Å². The van der Waals surface area contributed by atoms with E-state index in [1.165, 1.54) is 205 Å². The molecule has 0 aromatic heterocycles. The fraction of sp³-hybridized carbons (Fsp3) is 0.830. The Morgan fingerprint density at radius 3 is 1.02 bits per heavy atom. The molecule has 57 heavy (non-hydrogen) atoms. The summed E-state index contributed by atoms with van der Waals surface area (Å²) < 4.78 is 0. The van der Waals surface area contributed by atoms with E-state index in [2.05, 4.69) is 55.6 Å². The van der Waals surface area contributed by atoms with Crippen LogP contribution in [0.2, 0.25) is 0 Å². The summed E-state index contributed by atoms with van der Waals surface area (Å²) >= 11 is 0. The maximum atomic E-state index is 12.4. The van der Waals surface area contributed by atoms with Crippen LogP contribution in [-0.2, 0) is 4.79 Å². The van der Waals surface area contributed by atoms with E-state index in [1.54, 1.807) is 6.08 Å². The minimum atomic E-state index is -0.869. The first kappa shape index (κ1) is 55.4. The summed E-state index contributed by atoms with van der Waals surface area (Å²) in [7, 11) is 0. The zero-order valence-electron chi connectivity index (χ0n) is 38.4. The Hall–Kier alpha value is -1.65. The first-order valence-electron chi connectivity index (χ1n) is 25.4. The molecule has 2 unspecified atom stereocenters. The van der Waals surface area contributed by atoms with Gasteiger partial charge in [0.05, 0.1) is 18.8 Å². The molecule has 0 aliphatic carbocycles. The highest BCUT2D eigenvalue weighted by molar-refractivity contribution is 5.76. The van der Waals surface area contributed by atoms with Gasteiger partial charge in [0.1, 0.15) is 0 Å². The average Bonchev–Trinajstić information content (AvgIpc) is 3.22. The fourth-order valence-corrected chi connectivity index (χ4v) is 7.62. The maximum absolute atomic E-state index is 12.4. The molecule has 0 bridgehead atoms. The zero-order valence-corrected chi connectivity index (χ0v) is 38.4. The predicted octanol–water partition coefficient (Wildman–Crippen LogP) is 16.3. The van der Waals surface area contributed by atoms with Gasteiger partial charge >= 0.3 is 0 Å². The van der Waals surface area contributed by atoms with E-state index in [0.29, 0.717) is 6.42 Å². The van der Waals surface area contributed by atoms with Crippen molar-refractivity contribution in [1.82, 2.24) is 5.32 Å². The number of rotatable bonds is 46. The van der Waals surface area contributed by atoms with Crippen molar-refractivity contribution in [2.24, 2.45) is 0 Å². The van der Waals surface area contributed by atoms with Gasteiger partial charge in [0, 0.05) is 6.42 Å². The Kier molecular flexibility index (Phi) is 47.3. The number of amides is 1. The largest absolute Gasteiger partial charge is 0.394 e. The van der Waals surface area contributed by atoms with E-state index >= 15 is 0 Å². The van der Waals surface area contributed by atoms with Crippen LogP contribution in [0.5, 0.6) is 0 Å². The molecular weight excluding hydrogens is 699 g/mol. The summed E-state index contributed by atoms with van der Waals surface area (Å²) in [6.45, 7) is 4.29. The molecule has 0 rings (SSSR count). The predicted molar refractivity (Wildman–Crippen MR) is 253 cm³/mol. The quantitative estimate of drug-likeness (QED) is 0.0424. The maximum Gasteiger partial charge on any atom is 0.220 e. The van der Waals surface area contributed by atoms with Crippen LogP contribution in [0.1, 0.15) is 264 Å². The molecule has 0 aromatic carbocycles. The van der Waals surface area contributed by atoms with Gasteiger partial charge in [-0.1, -0.05) is 236 Å². The number of unbranched alkanes of at least 4 members (excludes halogenated alkanes) is 33. The van der Waals surface area contributed by atoms with Crippen LogP contribution in [0.3, 0.4) is 0 Å². The SMILES string of the molecule is CCCCCCCC/C=C/CC/C=C/CC/C=C/C(O)C(CO)NC(=O)CCCCCCCCCCCCCCCCCCC/C=C\CCCCCCCCCC. The lowest BCUT2D eigenvalue weighted by Gasteiger charge is -2.19. The highest BCUT2D eigenvalue weighted by Gasteiger charge is 2.17. The Labute approximate surface area is 356 Å². The second-order valence-corrected chi connectivity index (χ2v) is 17.2. The number of hydrogen-bond donors (Lipinski definition) is 3. The molecule has 0 saturated carbocycles. The number of nitrogens with one attached hydrogen (secondary N) is 1. The summed E-state index contributed by atoms with van der Waals surface area (Å²) in [5, 5.41) is 23.0. The highest BCUT2D eigenvalue weighted by atomic mass is 16.3. The molecule has 0 aliphatic heterocycles. The van der Waals surface area contributed by atoms with Gasteiger partial charge in [0.25, 0.3) is 0 Å². The molecule has 334 valence electrons. The van der Waals surface area contributed by atoms with E-state index in [9.17, 15) is 15.0 Å². The van der Waals surface area contributed by atoms with Crippen LogP contribution >= 0.6 is 0 Å². The van der Waals surface area contributed by atoms with Crippen molar-refractivity contribution in [2.75, 3.05) is 6.61 Å². The van der Waals surface area contributed by atoms with Gasteiger partial charge in [-0.25, -0.2) is 0 Å². The second kappa shape index (κ2) is 48.7. The van der Waals surface area contributed by atoms with Crippen molar-refractivity contribution in [3.05, 3.63) is 48.6 Å². The fourth-order valence-electron chi connectivity index (χ4n) is 7.62.